The Morgan fingerprint density at radius 1 is 1.24 bits per heavy atom. The van der Waals surface area contributed by atoms with E-state index in [9.17, 15) is 0 Å². The molecule has 1 heterocycles. The van der Waals surface area contributed by atoms with E-state index in [4.69, 9.17) is 16.3 Å². The van der Waals surface area contributed by atoms with Crippen LogP contribution in [-0.4, -0.2) is 16.7 Å². The van der Waals surface area contributed by atoms with Gasteiger partial charge in [-0.15, -0.1) is 11.6 Å². The fourth-order valence-corrected chi connectivity index (χ4v) is 2.97. The Morgan fingerprint density at radius 3 is 2.76 bits per heavy atom. The average Bonchev–Trinajstić information content (AvgIpc) is 2.86. The topological polar surface area (TPSA) is 27.1 Å². The summed E-state index contributed by atoms with van der Waals surface area (Å²) in [6.07, 6.45) is 0. The van der Waals surface area contributed by atoms with Crippen LogP contribution in [0.25, 0.3) is 11.0 Å². The highest BCUT2D eigenvalue weighted by Crippen LogP contribution is 2.25. The van der Waals surface area contributed by atoms with Crippen LogP contribution in [0.5, 0.6) is 5.75 Å². The minimum absolute atomic E-state index is 0.376. The third-order valence-corrected chi connectivity index (χ3v) is 4.45. The maximum absolute atomic E-state index is 6.06. The van der Waals surface area contributed by atoms with Crippen LogP contribution in [0.4, 0.5) is 0 Å². The minimum atomic E-state index is 0.376. The number of aromatic nitrogens is 2. The molecule has 0 unspecified atom stereocenters. The van der Waals surface area contributed by atoms with Crippen LogP contribution < -0.4 is 4.74 Å². The van der Waals surface area contributed by atoms with E-state index in [2.05, 4.69) is 31.5 Å². The summed E-state index contributed by atoms with van der Waals surface area (Å²) in [5, 5.41) is 0. The standard InChI is InChI=1S/C16H14BrClN2O/c1-21-12-6-7-14-15(8-12)20(16(9-18)19-14)10-11-4-2-3-5-13(11)17/h2-8H,9-10H2,1H3. The van der Waals surface area contributed by atoms with Crippen molar-refractivity contribution in [3.63, 3.8) is 0 Å². The molecule has 0 spiro atoms. The first kappa shape index (κ1) is 14.4. The molecule has 0 aliphatic carbocycles. The normalized spacial score (nSPS) is 11.0. The Hall–Kier alpha value is -1.52. The van der Waals surface area contributed by atoms with Crippen molar-refractivity contribution < 1.29 is 4.74 Å². The van der Waals surface area contributed by atoms with E-state index < -0.39 is 0 Å². The van der Waals surface area contributed by atoms with Gasteiger partial charge in [-0.25, -0.2) is 4.98 Å². The smallest absolute Gasteiger partial charge is 0.125 e. The first-order chi connectivity index (χ1) is 10.2. The van der Waals surface area contributed by atoms with E-state index in [1.807, 2.05) is 36.4 Å². The maximum Gasteiger partial charge on any atom is 0.125 e. The molecule has 0 bridgehead atoms. The van der Waals surface area contributed by atoms with Crippen molar-refractivity contribution in [3.05, 3.63) is 58.3 Å². The molecule has 0 radical (unpaired) electrons. The van der Waals surface area contributed by atoms with Crippen molar-refractivity contribution in [2.75, 3.05) is 7.11 Å². The van der Waals surface area contributed by atoms with Crippen molar-refractivity contribution in [2.24, 2.45) is 0 Å². The van der Waals surface area contributed by atoms with Gasteiger partial charge < -0.3 is 9.30 Å². The number of imidazole rings is 1. The van der Waals surface area contributed by atoms with Crippen molar-refractivity contribution >= 4 is 38.6 Å². The molecular weight excluding hydrogens is 352 g/mol. The van der Waals surface area contributed by atoms with Crippen molar-refractivity contribution in [3.8, 4) is 5.75 Å². The van der Waals surface area contributed by atoms with Gasteiger partial charge in [0.1, 0.15) is 11.6 Å². The van der Waals surface area contributed by atoms with E-state index in [0.717, 1.165) is 27.1 Å². The Bertz CT molecular complexity index is 785. The monoisotopic (exact) mass is 364 g/mol. The summed E-state index contributed by atoms with van der Waals surface area (Å²) >= 11 is 9.65. The number of halogens is 2. The Kier molecular flexibility index (Phi) is 4.17. The number of hydrogen-bond donors (Lipinski definition) is 0. The SMILES string of the molecule is COc1ccc2nc(CCl)n(Cc3ccccc3Br)c2c1. The molecule has 21 heavy (non-hydrogen) atoms. The lowest BCUT2D eigenvalue weighted by molar-refractivity contribution is 0.415. The molecular formula is C16H14BrClN2O. The lowest BCUT2D eigenvalue weighted by Crippen LogP contribution is -2.04. The van der Waals surface area contributed by atoms with Crippen molar-refractivity contribution in [2.45, 2.75) is 12.4 Å². The van der Waals surface area contributed by atoms with E-state index in [0.29, 0.717) is 12.4 Å². The number of nitrogens with zero attached hydrogens (tertiary/aromatic N) is 2. The molecule has 5 heteroatoms. The van der Waals surface area contributed by atoms with Gasteiger partial charge in [-0.05, 0) is 23.8 Å². The van der Waals surface area contributed by atoms with Gasteiger partial charge in [-0.1, -0.05) is 34.1 Å². The number of fused-ring (bicyclic) bond motifs is 1. The highest BCUT2D eigenvalue weighted by molar-refractivity contribution is 9.10. The maximum atomic E-state index is 6.06. The largest absolute Gasteiger partial charge is 0.497 e. The molecule has 108 valence electrons. The summed E-state index contributed by atoms with van der Waals surface area (Å²) in [6.45, 7) is 0.715. The molecule has 3 nitrogen and oxygen atoms in total. The lowest BCUT2D eigenvalue weighted by Gasteiger charge is -2.10. The second-order valence-electron chi connectivity index (χ2n) is 4.69. The van der Waals surface area contributed by atoms with E-state index in [1.54, 1.807) is 7.11 Å². The fourth-order valence-electron chi connectivity index (χ4n) is 2.35. The molecule has 0 saturated heterocycles. The van der Waals surface area contributed by atoms with Gasteiger partial charge in [0.2, 0.25) is 0 Å². The molecule has 1 aromatic heterocycles. The Labute approximate surface area is 136 Å². The van der Waals surface area contributed by atoms with Crippen LogP contribution in [0.15, 0.2) is 46.9 Å². The van der Waals surface area contributed by atoms with Gasteiger partial charge in [0.05, 0.1) is 30.6 Å². The number of alkyl halides is 1. The van der Waals surface area contributed by atoms with Crippen LogP contribution in [0.3, 0.4) is 0 Å². The quantitative estimate of drug-likeness (QED) is 0.632. The summed E-state index contributed by atoms with van der Waals surface area (Å²) in [6, 6.07) is 14.0. The second kappa shape index (κ2) is 6.08. The minimum Gasteiger partial charge on any atom is -0.497 e. The van der Waals surface area contributed by atoms with Gasteiger partial charge in [-0.2, -0.15) is 0 Å². The lowest BCUT2D eigenvalue weighted by atomic mass is 10.2. The molecule has 0 saturated carbocycles. The zero-order valence-electron chi connectivity index (χ0n) is 11.5. The van der Waals surface area contributed by atoms with Crippen LogP contribution in [0, 0.1) is 0 Å². The predicted octanol–water partition coefficient (Wildman–Crippen LogP) is 4.59. The molecule has 0 fully saturated rings. The molecule has 2 aromatic carbocycles. The molecule has 0 aliphatic rings. The summed E-state index contributed by atoms with van der Waals surface area (Å²) in [5.74, 6) is 2.05. The molecule has 3 aromatic rings. The van der Waals surface area contributed by atoms with Crippen LogP contribution >= 0.6 is 27.5 Å². The predicted molar refractivity (Wildman–Crippen MR) is 89.1 cm³/mol. The summed E-state index contributed by atoms with van der Waals surface area (Å²) < 4.78 is 8.52. The highest BCUT2D eigenvalue weighted by atomic mass is 79.9. The molecule has 3 rings (SSSR count). The highest BCUT2D eigenvalue weighted by Gasteiger charge is 2.12. The number of ether oxygens (including phenoxy) is 1. The number of methoxy groups -OCH3 is 1. The molecule has 0 N–H and O–H groups in total. The fraction of sp³-hybridized carbons (Fsp3) is 0.188. The van der Waals surface area contributed by atoms with Gasteiger partial charge in [0.15, 0.2) is 0 Å². The second-order valence-corrected chi connectivity index (χ2v) is 5.82. The van der Waals surface area contributed by atoms with E-state index in [1.165, 1.54) is 5.56 Å². The van der Waals surface area contributed by atoms with E-state index in [-0.39, 0.29) is 0 Å². The van der Waals surface area contributed by atoms with Gasteiger partial charge in [0.25, 0.3) is 0 Å². The third-order valence-electron chi connectivity index (χ3n) is 3.44. The number of rotatable bonds is 4. The first-order valence-electron chi connectivity index (χ1n) is 6.55. The van der Waals surface area contributed by atoms with Crippen LogP contribution in [0.1, 0.15) is 11.4 Å². The zero-order chi connectivity index (χ0) is 14.8. The summed E-state index contributed by atoms with van der Waals surface area (Å²) in [5.41, 5.74) is 3.14. The van der Waals surface area contributed by atoms with Crippen LogP contribution in [0.2, 0.25) is 0 Å². The van der Waals surface area contributed by atoms with Crippen molar-refractivity contribution in [1.29, 1.82) is 0 Å². The molecule has 0 amide bonds. The summed E-state index contributed by atoms with van der Waals surface area (Å²) in [4.78, 5) is 4.59. The van der Waals surface area contributed by atoms with Gasteiger partial charge in [-0.3, -0.25) is 0 Å². The van der Waals surface area contributed by atoms with E-state index >= 15 is 0 Å². The first-order valence-corrected chi connectivity index (χ1v) is 7.88. The van der Waals surface area contributed by atoms with Gasteiger partial charge >= 0.3 is 0 Å². The van der Waals surface area contributed by atoms with Crippen molar-refractivity contribution in [1.82, 2.24) is 9.55 Å². The third kappa shape index (κ3) is 2.78. The zero-order valence-corrected chi connectivity index (χ0v) is 13.9. The molecule has 0 aliphatic heterocycles. The Morgan fingerprint density at radius 2 is 2.05 bits per heavy atom. The number of benzene rings is 2. The Balaban J connectivity index is 2.13. The number of hydrogen-bond acceptors (Lipinski definition) is 2. The molecule has 0 atom stereocenters. The van der Waals surface area contributed by atoms with Crippen LogP contribution in [-0.2, 0) is 12.4 Å². The summed E-state index contributed by atoms with van der Waals surface area (Å²) in [7, 11) is 1.66. The van der Waals surface area contributed by atoms with Gasteiger partial charge in [0, 0.05) is 10.5 Å². The average molecular weight is 366 g/mol.